The van der Waals surface area contributed by atoms with Crippen LogP contribution in [0.2, 0.25) is 0 Å². The summed E-state index contributed by atoms with van der Waals surface area (Å²) in [4.78, 5) is 19.9. The maximum atomic E-state index is 12.6. The molecule has 0 saturated carbocycles. The highest BCUT2D eigenvalue weighted by Gasteiger charge is 2.26. The molecule has 0 aliphatic heterocycles. The summed E-state index contributed by atoms with van der Waals surface area (Å²) in [5.74, 6) is -0.427. The van der Waals surface area contributed by atoms with E-state index in [1.54, 1.807) is 24.6 Å². The Morgan fingerprint density at radius 3 is 2.28 bits per heavy atom. The monoisotopic (exact) mass is 383 g/mol. The third-order valence-corrected chi connectivity index (χ3v) is 4.88. The molecule has 0 fully saturated rings. The van der Waals surface area contributed by atoms with Crippen molar-refractivity contribution in [1.29, 1.82) is 0 Å². The first-order valence-electron chi connectivity index (χ1n) is 9.40. The predicted molar refractivity (Wildman–Crippen MR) is 114 cm³/mol. The fourth-order valence-electron chi connectivity index (χ4n) is 3.54. The first kappa shape index (κ1) is 19.9. The lowest BCUT2D eigenvalue weighted by Gasteiger charge is -2.09. The van der Waals surface area contributed by atoms with E-state index < -0.39 is 5.97 Å². The topological polar surface area (TPSA) is 40.0 Å². The van der Waals surface area contributed by atoms with Crippen LogP contribution in [0.3, 0.4) is 0 Å². The minimum atomic E-state index is -0.427. The van der Waals surface area contributed by atoms with Crippen LogP contribution in [0.5, 0.6) is 0 Å². The Bertz CT molecular complexity index is 1140. The molecular weight excluding hydrogens is 362 g/mol. The molecule has 0 amide bonds. The molecule has 0 saturated heterocycles. The number of hydrogen-bond donors (Lipinski definition) is 0. The van der Waals surface area contributed by atoms with Crippen LogP contribution in [0.1, 0.15) is 30.0 Å². The van der Waals surface area contributed by atoms with Crippen molar-refractivity contribution in [1.82, 2.24) is 4.57 Å². The third kappa shape index (κ3) is 3.63. The van der Waals surface area contributed by atoms with E-state index in [-0.39, 0.29) is 6.61 Å². The van der Waals surface area contributed by atoms with Crippen LogP contribution in [-0.2, 0) is 18.2 Å². The van der Waals surface area contributed by atoms with E-state index >= 15 is 0 Å². The number of esters is 1. The van der Waals surface area contributed by atoms with Gasteiger partial charge in [0, 0.05) is 18.3 Å². The van der Waals surface area contributed by atoms with Crippen molar-refractivity contribution < 1.29 is 9.53 Å². The molecule has 2 aromatic carbocycles. The van der Waals surface area contributed by atoms with Crippen molar-refractivity contribution in [3.63, 3.8) is 0 Å². The molecule has 0 bridgehead atoms. The molecule has 0 N–H and O–H groups in total. The van der Waals surface area contributed by atoms with Gasteiger partial charge >= 0.3 is 5.97 Å². The molecule has 0 atom stereocenters. The van der Waals surface area contributed by atoms with E-state index in [0.717, 1.165) is 22.4 Å². The van der Waals surface area contributed by atoms with Crippen molar-refractivity contribution in [3.8, 4) is 22.3 Å². The Balaban J connectivity index is 2.14. The molecule has 5 nitrogen and oxygen atoms in total. The predicted octanol–water partition coefficient (Wildman–Crippen LogP) is 6.20. The van der Waals surface area contributed by atoms with Crippen LogP contribution in [0.25, 0.3) is 31.9 Å². The van der Waals surface area contributed by atoms with E-state index in [4.69, 9.17) is 17.9 Å². The smallest absolute Gasteiger partial charge is 0.354 e. The van der Waals surface area contributed by atoms with Gasteiger partial charge in [-0.15, -0.1) is 0 Å². The van der Waals surface area contributed by atoms with Gasteiger partial charge < -0.3 is 9.30 Å². The summed E-state index contributed by atoms with van der Waals surface area (Å²) in [5, 5.41) is 0. The normalized spacial score (nSPS) is 10.2. The second kappa shape index (κ2) is 8.46. The average molecular weight is 383 g/mol. The zero-order valence-corrected chi connectivity index (χ0v) is 16.7. The van der Waals surface area contributed by atoms with Crippen LogP contribution in [0.15, 0.2) is 48.5 Å². The average Bonchev–Trinajstić information content (AvgIpc) is 3.05. The lowest BCUT2D eigenvalue weighted by molar-refractivity contribution is 0.0516. The molecule has 3 rings (SSSR count). The van der Waals surface area contributed by atoms with Crippen LogP contribution < -0.4 is 0 Å². The number of carbonyl (C=O) groups is 1. The summed E-state index contributed by atoms with van der Waals surface area (Å²) in [6.07, 6.45) is 0.641. The minimum absolute atomic E-state index is 0.272. The maximum absolute atomic E-state index is 12.6. The number of benzene rings is 2. The SMILES string of the molecule is [C-]#[N+]c1cccc(-c2ccc(-c3c([N+]#[C-])c(CC)n(C)c3C(=O)OCC)cc2)c1. The molecule has 0 spiro atoms. The van der Waals surface area contributed by atoms with Gasteiger partial charge in [0.15, 0.2) is 5.69 Å². The Labute approximate surface area is 170 Å². The highest BCUT2D eigenvalue weighted by Crippen LogP contribution is 2.40. The molecule has 0 aliphatic carbocycles. The van der Waals surface area contributed by atoms with Gasteiger partial charge in [-0.2, -0.15) is 0 Å². The largest absolute Gasteiger partial charge is 0.461 e. The van der Waals surface area contributed by atoms with Crippen molar-refractivity contribution >= 4 is 17.3 Å². The molecule has 5 heteroatoms. The standard InChI is InChI=1S/C24H21N3O2/c1-6-20-22(26-4)21(23(27(20)5)24(28)29-7-2)17-13-11-16(12-14-17)18-9-8-10-19(15-18)25-3/h8-15H,6-7H2,1-2,5H3. The molecule has 0 radical (unpaired) electrons. The fraction of sp³-hybridized carbons (Fsp3) is 0.208. The van der Waals surface area contributed by atoms with Gasteiger partial charge in [0.2, 0.25) is 5.69 Å². The fourth-order valence-corrected chi connectivity index (χ4v) is 3.54. The van der Waals surface area contributed by atoms with Gasteiger partial charge in [0.05, 0.1) is 19.8 Å². The number of hydrogen-bond acceptors (Lipinski definition) is 2. The molecule has 1 heterocycles. The first-order chi connectivity index (χ1) is 14.0. The van der Waals surface area contributed by atoms with Crippen molar-refractivity contribution in [2.45, 2.75) is 20.3 Å². The highest BCUT2D eigenvalue weighted by molar-refractivity contribution is 6.01. The number of nitrogens with zero attached hydrogens (tertiary/aromatic N) is 3. The lowest BCUT2D eigenvalue weighted by atomic mass is 9.99. The van der Waals surface area contributed by atoms with Crippen LogP contribution in [0.4, 0.5) is 11.4 Å². The Morgan fingerprint density at radius 1 is 1.00 bits per heavy atom. The number of ether oxygens (including phenoxy) is 1. The molecule has 3 aromatic rings. The van der Waals surface area contributed by atoms with Gasteiger partial charge in [0.1, 0.15) is 5.69 Å². The molecular formula is C24H21N3O2. The van der Waals surface area contributed by atoms with Crippen molar-refractivity contribution in [2.75, 3.05) is 6.61 Å². The minimum Gasteiger partial charge on any atom is -0.461 e. The quantitative estimate of drug-likeness (QED) is 0.389. The third-order valence-electron chi connectivity index (χ3n) is 4.88. The summed E-state index contributed by atoms with van der Waals surface area (Å²) in [7, 11) is 1.80. The van der Waals surface area contributed by atoms with Crippen LogP contribution in [-0.4, -0.2) is 17.1 Å². The second-order valence-electron chi connectivity index (χ2n) is 6.50. The van der Waals surface area contributed by atoms with Gasteiger partial charge in [-0.25, -0.2) is 14.5 Å². The Kier molecular flexibility index (Phi) is 5.81. The van der Waals surface area contributed by atoms with Crippen LogP contribution in [0, 0.1) is 13.1 Å². The lowest BCUT2D eigenvalue weighted by Crippen LogP contribution is -2.12. The van der Waals surface area contributed by atoms with Crippen molar-refractivity contribution in [3.05, 3.63) is 82.8 Å². The Hall–Kier alpha value is -3.83. The Morgan fingerprint density at radius 2 is 1.69 bits per heavy atom. The summed E-state index contributed by atoms with van der Waals surface area (Å²) in [6.45, 7) is 18.9. The van der Waals surface area contributed by atoms with E-state index in [1.165, 1.54) is 0 Å². The van der Waals surface area contributed by atoms with Crippen LogP contribution >= 0.6 is 0 Å². The highest BCUT2D eigenvalue weighted by atomic mass is 16.5. The van der Waals surface area contributed by atoms with Gasteiger partial charge in [-0.3, -0.25) is 0 Å². The maximum Gasteiger partial charge on any atom is 0.354 e. The van der Waals surface area contributed by atoms with Gasteiger partial charge in [-0.05, 0) is 36.1 Å². The van der Waals surface area contributed by atoms with Gasteiger partial charge in [-0.1, -0.05) is 49.4 Å². The summed E-state index contributed by atoms with van der Waals surface area (Å²) >= 11 is 0. The zero-order valence-electron chi connectivity index (χ0n) is 16.7. The van der Waals surface area contributed by atoms with Gasteiger partial charge in [0.25, 0.3) is 0 Å². The van der Waals surface area contributed by atoms with E-state index in [0.29, 0.717) is 29.1 Å². The zero-order chi connectivity index (χ0) is 21.0. The van der Waals surface area contributed by atoms with Crippen molar-refractivity contribution in [2.24, 2.45) is 7.05 Å². The summed E-state index contributed by atoms with van der Waals surface area (Å²) < 4.78 is 7.03. The van der Waals surface area contributed by atoms with E-state index in [1.807, 2.05) is 49.4 Å². The first-order valence-corrected chi connectivity index (χ1v) is 9.40. The summed E-state index contributed by atoms with van der Waals surface area (Å²) in [6, 6.07) is 15.1. The molecule has 0 aliphatic rings. The summed E-state index contributed by atoms with van der Waals surface area (Å²) in [5.41, 5.74) is 5.60. The van der Waals surface area contributed by atoms with E-state index in [2.05, 4.69) is 9.69 Å². The molecule has 0 unspecified atom stereocenters. The number of rotatable bonds is 5. The number of aromatic nitrogens is 1. The number of carbonyl (C=O) groups excluding carboxylic acids is 1. The molecule has 144 valence electrons. The molecule has 29 heavy (non-hydrogen) atoms. The van der Waals surface area contributed by atoms with E-state index in [9.17, 15) is 4.79 Å². The molecule has 1 aromatic heterocycles. The second-order valence-corrected chi connectivity index (χ2v) is 6.50.